The average molecular weight is 270 g/mol. The van der Waals surface area contributed by atoms with E-state index >= 15 is 0 Å². The Bertz CT molecular complexity index is 479. The van der Waals surface area contributed by atoms with Gasteiger partial charge in [-0.3, -0.25) is 14.9 Å². The van der Waals surface area contributed by atoms with Crippen LogP contribution in [-0.4, -0.2) is 48.2 Å². The van der Waals surface area contributed by atoms with E-state index in [0.29, 0.717) is 0 Å². The lowest BCUT2D eigenvalue weighted by Gasteiger charge is -2.16. The van der Waals surface area contributed by atoms with Crippen LogP contribution in [0.2, 0.25) is 0 Å². The quantitative estimate of drug-likeness (QED) is 0.415. The van der Waals surface area contributed by atoms with Crippen LogP contribution in [0, 0.1) is 10.1 Å². The molecule has 0 saturated heterocycles. The van der Waals surface area contributed by atoms with Crippen molar-refractivity contribution in [2.24, 2.45) is 0 Å². The van der Waals surface area contributed by atoms with Crippen LogP contribution in [0.4, 0.5) is 11.5 Å². The SMILES string of the molecule is CCOC(=O)CN(C)c1ncnc(OC)c1[N+](=O)[O-]. The van der Waals surface area contributed by atoms with E-state index in [1.54, 1.807) is 6.92 Å². The zero-order chi connectivity index (χ0) is 14.4. The fraction of sp³-hybridized carbons (Fsp3) is 0.500. The summed E-state index contributed by atoms with van der Waals surface area (Å²) in [6.45, 7) is 1.75. The lowest BCUT2D eigenvalue weighted by molar-refractivity contribution is -0.385. The first-order valence-electron chi connectivity index (χ1n) is 5.41. The van der Waals surface area contributed by atoms with E-state index in [1.807, 2.05) is 0 Å². The number of nitrogens with zero attached hydrogens (tertiary/aromatic N) is 4. The summed E-state index contributed by atoms with van der Waals surface area (Å²) < 4.78 is 9.58. The molecule has 104 valence electrons. The smallest absolute Gasteiger partial charge is 0.372 e. The first-order chi connectivity index (χ1) is 9.01. The summed E-state index contributed by atoms with van der Waals surface area (Å²) in [5.74, 6) is -0.674. The molecule has 0 N–H and O–H groups in total. The number of hydrogen-bond donors (Lipinski definition) is 0. The van der Waals surface area contributed by atoms with Crippen molar-refractivity contribution in [2.45, 2.75) is 6.92 Å². The van der Waals surface area contributed by atoms with E-state index in [-0.39, 0.29) is 24.8 Å². The number of nitro groups is 1. The summed E-state index contributed by atoms with van der Waals surface area (Å²) >= 11 is 0. The molecule has 0 aliphatic carbocycles. The van der Waals surface area contributed by atoms with Crippen molar-refractivity contribution in [3.63, 3.8) is 0 Å². The third kappa shape index (κ3) is 3.50. The molecule has 19 heavy (non-hydrogen) atoms. The zero-order valence-electron chi connectivity index (χ0n) is 10.8. The highest BCUT2D eigenvalue weighted by molar-refractivity contribution is 5.77. The van der Waals surface area contributed by atoms with Gasteiger partial charge in [0.2, 0.25) is 5.82 Å². The van der Waals surface area contributed by atoms with Crippen LogP contribution in [-0.2, 0) is 9.53 Å². The first-order valence-corrected chi connectivity index (χ1v) is 5.41. The molecule has 0 unspecified atom stereocenters. The molecule has 0 saturated carbocycles. The van der Waals surface area contributed by atoms with Gasteiger partial charge in [-0.15, -0.1) is 0 Å². The summed E-state index contributed by atoms with van der Waals surface area (Å²) in [6, 6.07) is 0. The van der Waals surface area contributed by atoms with Crippen molar-refractivity contribution in [1.29, 1.82) is 0 Å². The van der Waals surface area contributed by atoms with E-state index in [4.69, 9.17) is 9.47 Å². The molecule has 0 atom stereocenters. The number of likely N-dealkylation sites (N-methyl/N-ethyl adjacent to an activating group) is 1. The molecule has 0 radical (unpaired) electrons. The standard InChI is InChI=1S/C10H14N4O5/c1-4-19-7(15)5-13(2)9-8(14(16)17)10(18-3)12-6-11-9/h6H,4-5H2,1-3H3. The Kier molecular flexibility index (Phi) is 4.98. The maximum atomic E-state index is 11.4. The van der Waals surface area contributed by atoms with Crippen molar-refractivity contribution in [3.05, 3.63) is 16.4 Å². The third-order valence-corrected chi connectivity index (χ3v) is 2.18. The topological polar surface area (TPSA) is 108 Å². The molecular formula is C10H14N4O5. The van der Waals surface area contributed by atoms with Gasteiger partial charge in [0.25, 0.3) is 5.88 Å². The van der Waals surface area contributed by atoms with Gasteiger partial charge >= 0.3 is 11.7 Å². The summed E-state index contributed by atoms with van der Waals surface area (Å²) in [7, 11) is 2.76. The number of esters is 1. The van der Waals surface area contributed by atoms with Gasteiger partial charge in [-0.25, -0.2) is 4.98 Å². The summed E-state index contributed by atoms with van der Waals surface area (Å²) in [5, 5.41) is 11.0. The largest absolute Gasteiger partial charge is 0.476 e. The average Bonchev–Trinajstić information content (AvgIpc) is 2.37. The van der Waals surface area contributed by atoms with Crippen LogP contribution in [0.5, 0.6) is 5.88 Å². The van der Waals surface area contributed by atoms with Gasteiger partial charge in [0, 0.05) is 7.05 Å². The van der Waals surface area contributed by atoms with Crippen LogP contribution < -0.4 is 9.64 Å². The van der Waals surface area contributed by atoms with Crippen molar-refractivity contribution in [2.75, 3.05) is 32.2 Å². The lowest BCUT2D eigenvalue weighted by atomic mass is 10.4. The molecule has 0 aromatic carbocycles. The summed E-state index contributed by atoms with van der Waals surface area (Å²) in [4.78, 5) is 30.5. The Hall–Kier alpha value is -2.45. The maximum Gasteiger partial charge on any atom is 0.372 e. The normalized spacial score (nSPS) is 9.84. The summed E-state index contributed by atoms with van der Waals surface area (Å²) in [6.07, 6.45) is 1.13. The van der Waals surface area contributed by atoms with Crippen LogP contribution in [0.3, 0.4) is 0 Å². The number of anilines is 1. The van der Waals surface area contributed by atoms with Crippen molar-refractivity contribution in [1.82, 2.24) is 9.97 Å². The highest BCUT2D eigenvalue weighted by Crippen LogP contribution is 2.32. The predicted molar refractivity (Wildman–Crippen MR) is 65.1 cm³/mol. The van der Waals surface area contributed by atoms with E-state index in [9.17, 15) is 14.9 Å². The number of hydrogen-bond acceptors (Lipinski definition) is 8. The van der Waals surface area contributed by atoms with Crippen LogP contribution in [0.1, 0.15) is 6.92 Å². The van der Waals surface area contributed by atoms with E-state index in [0.717, 1.165) is 6.33 Å². The summed E-state index contributed by atoms with van der Waals surface area (Å²) in [5.41, 5.74) is -0.392. The van der Waals surface area contributed by atoms with Gasteiger partial charge in [0.05, 0.1) is 18.6 Å². The van der Waals surface area contributed by atoms with Crippen LogP contribution in [0.25, 0.3) is 0 Å². The first kappa shape index (κ1) is 14.6. The highest BCUT2D eigenvalue weighted by atomic mass is 16.6. The van der Waals surface area contributed by atoms with Crippen molar-refractivity contribution >= 4 is 17.5 Å². The number of ether oxygens (including phenoxy) is 2. The Morgan fingerprint density at radius 1 is 1.53 bits per heavy atom. The molecule has 1 heterocycles. The second kappa shape index (κ2) is 6.47. The second-order valence-electron chi connectivity index (χ2n) is 3.47. The molecule has 0 bridgehead atoms. The fourth-order valence-corrected chi connectivity index (χ4v) is 1.42. The van der Waals surface area contributed by atoms with Gasteiger partial charge in [-0.1, -0.05) is 0 Å². The monoisotopic (exact) mass is 270 g/mol. The van der Waals surface area contributed by atoms with Gasteiger partial charge in [0.15, 0.2) is 0 Å². The van der Waals surface area contributed by atoms with Crippen molar-refractivity contribution < 1.29 is 19.2 Å². The molecule has 9 nitrogen and oxygen atoms in total. The highest BCUT2D eigenvalue weighted by Gasteiger charge is 2.27. The van der Waals surface area contributed by atoms with E-state index < -0.39 is 16.6 Å². The lowest BCUT2D eigenvalue weighted by Crippen LogP contribution is -2.28. The Balaban J connectivity index is 3.05. The number of carbonyl (C=O) groups excluding carboxylic acids is 1. The Labute approximate surface area is 109 Å². The van der Waals surface area contributed by atoms with Crippen LogP contribution >= 0.6 is 0 Å². The molecule has 0 aliphatic rings. The Morgan fingerprint density at radius 2 is 2.21 bits per heavy atom. The molecular weight excluding hydrogens is 256 g/mol. The predicted octanol–water partition coefficient (Wildman–Crippen LogP) is 0.393. The zero-order valence-corrected chi connectivity index (χ0v) is 10.8. The molecule has 1 aromatic rings. The van der Waals surface area contributed by atoms with Crippen LogP contribution in [0.15, 0.2) is 6.33 Å². The van der Waals surface area contributed by atoms with Gasteiger partial charge in [0.1, 0.15) is 12.9 Å². The minimum Gasteiger partial charge on any atom is -0.476 e. The molecule has 0 spiro atoms. The number of methoxy groups -OCH3 is 1. The minimum atomic E-state index is -0.657. The molecule has 9 heteroatoms. The van der Waals surface area contributed by atoms with E-state index in [2.05, 4.69) is 9.97 Å². The minimum absolute atomic E-state index is 0.00935. The molecule has 1 aromatic heterocycles. The maximum absolute atomic E-state index is 11.4. The number of carbonyl (C=O) groups is 1. The molecule has 0 aliphatic heterocycles. The van der Waals surface area contributed by atoms with Gasteiger partial charge in [-0.2, -0.15) is 4.98 Å². The van der Waals surface area contributed by atoms with E-state index in [1.165, 1.54) is 19.1 Å². The molecule has 0 fully saturated rings. The fourth-order valence-electron chi connectivity index (χ4n) is 1.42. The van der Waals surface area contributed by atoms with Crippen molar-refractivity contribution in [3.8, 4) is 5.88 Å². The number of aromatic nitrogens is 2. The molecule has 0 amide bonds. The van der Waals surface area contributed by atoms with Gasteiger partial charge in [-0.05, 0) is 6.92 Å². The number of rotatable bonds is 6. The van der Waals surface area contributed by atoms with Gasteiger partial charge < -0.3 is 14.4 Å². The second-order valence-corrected chi connectivity index (χ2v) is 3.47. The third-order valence-electron chi connectivity index (χ3n) is 2.18. The Morgan fingerprint density at radius 3 is 2.74 bits per heavy atom. The molecule has 1 rings (SSSR count).